The molecule has 6 heteroatoms. The van der Waals surface area contributed by atoms with Crippen molar-refractivity contribution in [2.75, 3.05) is 0 Å². The number of fused-ring (bicyclic) bond motifs is 1. The van der Waals surface area contributed by atoms with Crippen LogP contribution in [0.3, 0.4) is 0 Å². The number of aromatic hydroxyl groups is 3. The van der Waals surface area contributed by atoms with Gasteiger partial charge in [-0.2, -0.15) is 0 Å². The lowest BCUT2D eigenvalue weighted by atomic mass is 9.95. The van der Waals surface area contributed by atoms with Gasteiger partial charge in [0.15, 0.2) is 5.78 Å². The van der Waals surface area contributed by atoms with Crippen molar-refractivity contribution in [2.24, 2.45) is 0 Å². The average molecular weight is 351 g/mol. The minimum atomic E-state index is -0.539. The van der Waals surface area contributed by atoms with E-state index in [0.717, 1.165) is 6.07 Å². The summed E-state index contributed by atoms with van der Waals surface area (Å²) in [7, 11) is 0. The second-order valence-corrected chi connectivity index (χ2v) is 5.64. The number of ketones is 1. The van der Waals surface area contributed by atoms with Gasteiger partial charge in [-0.05, 0) is 33.6 Å². The van der Waals surface area contributed by atoms with Crippen LogP contribution in [0.15, 0.2) is 34.8 Å². The summed E-state index contributed by atoms with van der Waals surface area (Å²) >= 11 is 3.21. The number of hydrogen-bond acceptors (Lipinski definition) is 5. The van der Waals surface area contributed by atoms with Crippen molar-refractivity contribution in [3.05, 3.63) is 45.9 Å². The molecule has 108 valence electrons. The highest BCUT2D eigenvalue weighted by atomic mass is 79.9. The highest BCUT2D eigenvalue weighted by molar-refractivity contribution is 9.10. The van der Waals surface area contributed by atoms with Crippen LogP contribution in [0.1, 0.15) is 28.4 Å². The number of carbonyl (C=O) groups excluding carboxylic acids is 1. The molecule has 1 heterocycles. The van der Waals surface area contributed by atoms with E-state index >= 15 is 0 Å². The summed E-state index contributed by atoms with van der Waals surface area (Å²) in [5.74, 6) is -0.482. The molecule has 3 N–H and O–H groups in total. The predicted molar refractivity (Wildman–Crippen MR) is 77.9 cm³/mol. The van der Waals surface area contributed by atoms with Gasteiger partial charge in [-0.1, -0.05) is 6.07 Å². The average Bonchev–Trinajstić information content (AvgIpc) is 2.40. The van der Waals surface area contributed by atoms with E-state index in [9.17, 15) is 20.1 Å². The summed E-state index contributed by atoms with van der Waals surface area (Å²) in [6, 6.07) is 7.24. The van der Waals surface area contributed by atoms with Gasteiger partial charge in [-0.25, -0.2) is 0 Å². The number of phenols is 3. The molecule has 0 saturated carbocycles. The highest BCUT2D eigenvalue weighted by Gasteiger charge is 2.31. The smallest absolute Gasteiger partial charge is 0.174 e. The first-order valence-electron chi connectivity index (χ1n) is 6.20. The molecule has 0 bridgehead atoms. The molecule has 5 nitrogen and oxygen atoms in total. The number of carbonyl (C=O) groups is 1. The third-order valence-corrected chi connectivity index (χ3v) is 3.96. The maximum atomic E-state index is 12.2. The van der Waals surface area contributed by atoms with E-state index in [4.69, 9.17) is 4.74 Å². The molecular weight excluding hydrogens is 340 g/mol. The molecular formula is C15H11BrO5. The van der Waals surface area contributed by atoms with E-state index in [1.54, 1.807) is 12.1 Å². The molecule has 1 aliphatic rings. The van der Waals surface area contributed by atoms with Gasteiger partial charge in [0.2, 0.25) is 0 Å². The first-order chi connectivity index (χ1) is 9.95. The fourth-order valence-electron chi connectivity index (χ4n) is 2.33. The zero-order valence-corrected chi connectivity index (χ0v) is 12.3. The van der Waals surface area contributed by atoms with Crippen molar-refractivity contribution in [1.29, 1.82) is 0 Å². The number of Topliss-reactive ketones (excluding diaryl/α,β-unsaturated/α-hetero) is 1. The molecule has 1 aliphatic heterocycles. The maximum absolute atomic E-state index is 12.2. The maximum Gasteiger partial charge on any atom is 0.174 e. The minimum Gasteiger partial charge on any atom is -0.508 e. The normalized spacial score (nSPS) is 17.2. The van der Waals surface area contributed by atoms with Crippen LogP contribution in [-0.4, -0.2) is 21.1 Å². The zero-order valence-electron chi connectivity index (χ0n) is 10.7. The Bertz CT molecular complexity index is 741. The molecule has 0 aliphatic carbocycles. The fourth-order valence-corrected chi connectivity index (χ4v) is 2.73. The Labute approximate surface area is 128 Å². The number of phenolic OH excluding ortho intramolecular Hbond substituents is 3. The summed E-state index contributed by atoms with van der Waals surface area (Å²) in [6.07, 6.45) is -0.467. The van der Waals surface area contributed by atoms with Crippen molar-refractivity contribution < 1.29 is 24.9 Å². The van der Waals surface area contributed by atoms with E-state index in [1.807, 2.05) is 0 Å². The Kier molecular flexibility index (Phi) is 3.25. The van der Waals surface area contributed by atoms with Crippen LogP contribution in [0.2, 0.25) is 0 Å². The van der Waals surface area contributed by atoms with Gasteiger partial charge in [0.25, 0.3) is 0 Å². The number of halogens is 1. The van der Waals surface area contributed by atoms with Crippen LogP contribution >= 0.6 is 15.9 Å². The molecule has 1 unspecified atom stereocenters. The van der Waals surface area contributed by atoms with Gasteiger partial charge >= 0.3 is 0 Å². The lowest BCUT2D eigenvalue weighted by Crippen LogP contribution is -2.20. The van der Waals surface area contributed by atoms with Gasteiger partial charge in [-0.15, -0.1) is 0 Å². The van der Waals surface area contributed by atoms with Gasteiger partial charge in [0.05, 0.1) is 10.9 Å². The van der Waals surface area contributed by atoms with Crippen molar-refractivity contribution in [1.82, 2.24) is 0 Å². The van der Waals surface area contributed by atoms with E-state index < -0.39 is 6.10 Å². The van der Waals surface area contributed by atoms with Gasteiger partial charge in [0.1, 0.15) is 34.7 Å². The highest BCUT2D eigenvalue weighted by Crippen LogP contribution is 2.42. The fraction of sp³-hybridized carbons (Fsp3) is 0.133. The Morgan fingerprint density at radius 2 is 1.86 bits per heavy atom. The second kappa shape index (κ2) is 4.96. The first kappa shape index (κ1) is 13.8. The van der Waals surface area contributed by atoms with E-state index in [2.05, 4.69) is 15.9 Å². The van der Waals surface area contributed by atoms with Gasteiger partial charge in [-0.3, -0.25) is 4.79 Å². The van der Waals surface area contributed by atoms with Crippen molar-refractivity contribution in [3.8, 4) is 23.0 Å². The van der Waals surface area contributed by atoms with Gasteiger partial charge < -0.3 is 20.1 Å². The summed E-state index contributed by atoms with van der Waals surface area (Å²) in [4.78, 5) is 12.2. The Balaban J connectivity index is 2.01. The Morgan fingerprint density at radius 3 is 2.57 bits per heavy atom. The largest absolute Gasteiger partial charge is 0.508 e. The lowest BCUT2D eigenvalue weighted by Gasteiger charge is -2.26. The predicted octanol–water partition coefficient (Wildman–Crippen LogP) is 3.27. The summed E-state index contributed by atoms with van der Waals surface area (Å²) < 4.78 is 6.20. The topological polar surface area (TPSA) is 87.0 Å². The number of rotatable bonds is 1. The quantitative estimate of drug-likeness (QED) is 0.734. The van der Waals surface area contributed by atoms with Crippen LogP contribution in [0, 0.1) is 0 Å². The second-order valence-electron chi connectivity index (χ2n) is 4.78. The Hall–Kier alpha value is -2.21. The molecule has 0 fully saturated rings. The van der Waals surface area contributed by atoms with Crippen molar-refractivity contribution in [2.45, 2.75) is 12.5 Å². The monoisotopic (exact) mass is 350 g/mol. The number of hydrogen-bond donors (Lipinski definition) is 3. The van der Waals surface area contributed by atoms with E-state index in [-0.39, 0.29) is 40.8 Å². The third kappa shape index (κ3) is 2.42. The van der Waals surface area contributed by atoms with Crippen molar-refractivity contribution >= 4 is 21.7 Å². The number of benzene rings is 2. The van der Waals surface area contributed by atoms with Crippen LogP contribution in [-0.2, 0) is 0 Å². The van der Waals surface area contributed by atoms with Crippen LogP contribution < -0.4 is 4.74 Å². The van der Waals surface area contributed by atoms with E-state index in [0.29, 0.717) is 10.0 Å². The summed E-state index contributed by atoms with van der Waals surface area (Å²) in [6.45, 7) is 0. The van der Waals surface area contributed by atoms with Gasteiger partial charge in [0, 0.05) is 12.1 Å². The minimum absolute atomic E-state index is 0.0720. The molecule has 0 aromatic heterocycles. The number of ether oxygens (including phenoxy) is 1. The summed E-state index contributed by atoms with van der Waals surface area (Å²) in [5, 5.41) is 28.7. The molecule has 1 atom stereocenters. The zero-order chi connectivity index (χ0) is 15.1. The summed E-state index contributed by atoms with van der Waals surface area (Å²) in [5.41, 5.74) is 0.795. The Morgan fingerprint density at radius 1 is 1.10 bits per heavy atom. The standard InChI is InChI=1S/C15H11BrO5/c16-9-3-7(1-2-10(9)18)13-6-12(20)15-11(19)4-8(17)5-14(15)21-13/h1-5,13,17-19H,6H2. The molecule has 0 saturated heterocycles. The van der Waals surface area contributed by atoms with Crippen molar-refractivity contribution in [3.63, 3.8) is 0 Å². The SMILES string of the molecule is O=C1CC(c2ccc(O)c(Br)c2)Oc2cc(O)cc(O)c21. The molecule has 21 heavy (non-hydrogen) atoms. The molecule has 0 spiro atoms. The molecule has 3 rings (SSSR count). The van der Waals surface area contributed by atoms with E-state index in [1.165, 1.54) is 12.1 Å². The van der Waals surface area contributed by atoms with Crippen LogP contribution in [0.5, 0.6) is 23.0 Å². The van der Waals surface area contributed by atoms with Crippen LogP contribution in [0.25, 0.3) is 0 Å². The lowest BCUT2D eigenvalue weighted by molar-refractivity contribution is 0.0845. The molecule has 2 aromatic carbocycles. The molecule has 2 aromatic rings. The molecule has 0 radical (unpaired) electrons. The molecule has 0 amide bonds. The van der Waals surface area contributed by atoms with Crippen LogP contribution in [0.4, 0.5) is 0 Å². The first-order valence-corrected chi connectivity index (χ1v) is 6.99. The third-order valence-electron chi connectivity index (χ3n) is 3.33.